The molecule has 1 aromatic carbocycles. The highest BCUT2D eigenvalue weighted by Gasteiger charge is 2.40. The fourth-order valence-corrected chi connectivity index (χ4v) is 3.23. The molecule has 23 heavy (non-hydrogen) atoms. The summed E-state index contributed by atoms with van der Waals surface area (Å²) in [7, 11) is 0. The van der Waals surface area contributed by atoms with Crippen molar-refractivity contribution in [2.24, 2.45) is 11.3 Å². The van der Waals surface area contributed by atoms with Gasteiger partial charge in [-0.05, 0) is 43.2 Å². The van der Waals surface area contributed by atoms with Crippen LogP contribution in [0.15, 0.2) is 43.0 Å². The number of esters is 1. The van der Waals surface area contributed by atoms with E-state index in [-0.39, 0.29) is 29.2 Å². The molecule has 3 nitrogen and oxygen atoms in total. The molecule has 0 heterocycles. The summed E-state index contributed by atoms with van der Waals surface area (Å²) in [5.74, 6) is -0.355. The zero-order valence-corrected chi connectivity index (χ0v) is 14.1. The molecule has 0 spiro atoms. The molecule has 3 heteroatoms. The Bertz CT molecular complexity index is 560. The van der Waals surface area contributed by atoms with E-state index in [4.69, 9.17) is 4.74 Å². The van der Waals surface area contributed by atoms with Crippen molar-refractivity contribution in [3.8, 4) is 0 Å². The quantitative estimate of drug-likeness (QED) is 0.570. The maximum atomic E-state index is 12.5. The Hall–Kier alpha value is -1.90. The average Bonchev–Trinajstić information content (AvgIpc) is 2.54. The van der Waals surface area contributed by atoms with E-state index in [2.05, 4.69) is 20.4 Å². The van der Waals surface area contributed by atoms with E-state index in [1.165, 1.54) is 0 Å². The number of hydrogen-bond donors (Lipinski definition) is 0. The zero-order valence-electron chi connectivity index (χ0n) is 14.1. The number of ether oxygens (including phenoxy) is 1. The third kappa shape index (κ3) is 4.78. The van der Waals surface area contributed by atoms with Crippen molar-refractivity contribution >= 4 is 11.8 Å². The Labute approximate surface area is 138 Å². The van der Waals surface area contributed by atoms with Crippen molar-refractivity contribution in [1.29, 1.82) is 0 Å². The Morgan fingerprint density at radius 2 is 2.00 bits per heavy atom. The number of carbonyl (C=O) groups is 2. The summed E-state index contributed by atoms with van der Waals surface area (Å²) < 4.78 is 5.70. The summed E-state index contributed by atoms with van der Waals surface area (Å²) in [5, 5.41) is 0. The third-order valence-electron chi connectivity index (χ3n) is 4.60. The topological polar surface area (TPSA) is 43.4 Å². The van der Waals surface area contributed by atoms with E-state index in [0.29, 0.717) is 18.4 Å². The average molecular weight is 314 g/mol. The fraction of sp³-hybridized carbons (Fsp3) is 0.500. The van der Waals surface area contributed by atoms with Gasteiger partial charge in [-0.1, -0.05) is 38.1 Å². The van der Waals surface area contributed by atoms with E-state index < -0.39 is 0 Å². The summed E-state index contributed by atoms with van der Waals surface area (Å²) in [5.41, 5.74) is 0.652. The van der Waals surface area contributed by atoms with Gasteiger partial charge in [0.2, 0.25) is 0 Å². The Morgan fingerprint density at radius 1 is 1.30 bits per heavy atom. The first-order chi connectivity index (χ1) is 10.9. The lowest BCUT2D eigenvalue weighted by Crippen LogP contribution is -2.40. The normalized spacial score (nSPS) is 23.0. The molecule has 1 aliphatic rings. The van der Waals surface area contributed by atoms with Crippen LogP contribution in [0.3, 0.4) is 0 Å². The maximum Gasteiger partial charge on any atom is 0.338 e. The Balaban J connectivity index is 2.09. The maximum absolute atomic E-state index is 12.5. The lowest BCUT2D eigenvalue weighted by Gasteiger charge is -2.39. The van der Waals surface area contributed by atoms with Gasteiger partial charge in [0, 0.05) is 6.42 Å². The summed E-state index contributed by atoms with van der Waals surface area (Å²) in [6, 6.07) is 8.97. The van der Waals surface area contributed by atoms with Crippen molar-refractivity contribution in [2.45, 2.75) is 52.1 Å². The molecule has 0 radical (unpaired) electrons. The fourth-order valence-electron chi connectivity index (χ4n) is 3.23. The second kappa shape index (κ2) is 7.58. The minimum absolute atomic E-state index is 0.115. The second-order valence-corrected chi connectivity index (χ2v) is 7.12. The molecule has 0 N–H and O–H groups in total. The van der Waals surface area contributed by atoms with Crippen LogP contribution in [0.25, 0.3) is 0 Å². The van der Waals surface area contributed by atoms with Gasteiger partial charge in [-0.25, -0.2) is 4.79 Å². The standard InChI is InChI=1S/C20H26O3/c1-4-5-11-17(21)16-14-20(2,3)13-12-18(16)23-19(22)15-9-7-6-8-10-15/h4,6-10,16,18H,1,5,11-14H2,2-3H3/t16-,18-/m1/s1. The second-order valence-electron chi connectivity index (χ2n) is 7.12. The van der Waals surface area contributed by atoms with Gasteiger partial charge in [0.1, 0.15) is 11.9 Å². The number of ketones is 1. The van der Waals surface area contributed by atoms with E-state index in [1.807, 2.05) is 18.2 Å². The largest absolute Gasteiger partial charge is 0.458 e. The van der Waals surface area contributed by atoms with Crippen molar-refractivity contribution in [3.63, 3.8) is 0 Å². The van der Waals surface area contributed by atoms with Gasteiger partial charge in [0.05, 0.1) is 11.5 Å². The van der Waals surface area contributed by atoms with Crippen LogP contribution >= 0.6 is 0 Å². The van der Waals surface area contributed by atoms with Gasteiger partial charge >= 0.3 is 5.97 Å². The van der Waals surface area contributed by atoms with Gasteiger partial charge in [-0.15, -0.1) is 6.58 Å². The van der Waals surface area contributed by atoms with Crippen LogP contribution < -0.4 is 0 Å². The zero-order chi connectivity index (χ0) is 16.9. The number of allylic oxidation sites excluding steroid dienone is 1. The van der Waals surface area contributed by atoms with Crippen molar-refractivity contribution in [2.75, 3.05) is 0 Å². The van der Waals surface area contributed by atoms with Gasteiger partial charge in [0.15, 0.2) is 0 Å². The van der Waals surface area contributed by atoms with Crippen LogP contribution in [-0.4, -0.2) is 17.9 Å². The Kier molecular flexibility index (Phi) is 5.75. The summed E-state index contributed by atoms with van der Waals surface area (Å²) in [6.07, 6.45) is 5.08. The molecular formula is C20H26O3. The van der Waals surface area contributed by atoms with Crippen LogP contribution in [0.1, 0.15) is 56.3 Å². The van der Waals surface area contributed by atoms with Gasteiger partial charge in [-0.3, -0.25) is 4.79 Å². The number of hydrogen-bond acceptors (Lipinski definition) is 3. The molecule has 0 saturated heterocycles. The molecule has 2 atom stereocenters. The Morgan fingerprint density at radius 3 is 2.65 bits per heavy atom. The number of rotatable bonds is 6. The highest BCUT2D eigenvalue weighted by molar-refractivity contribution is 5.90. The molecule has 2 rings (SSSR count). The monoisotopic (exact) mass is 314 g/mol. The molecule has 1 aliphatic carbocycles. The van der Waals surface area contributed by atoms with E-state index in [9.17, 15) is 9.59 Å². The smallest absolute Gasteiger partial charge is 0.338 e. The van der Waals surface area contributed by atoms with Crippen LogP contribution in [0.5, 0.6) is 0 Å². The molecule has 0 unspecified atom stereocenters. The number of Topliss-reactive ketones (excluding diaryl/α,β-unsaturated/α-hetero) is 1. The van der Waals surface area contributed by atoms with Crippen LogP contribution in [0.4, 0.5) is 0 Å². The van der Waals surface area contributed by atoms with Gasteiger partial charge < -0.3 is 4.74 Å². The van der Waals surface area contributed by atoms with Crippen LogP contribution in [-0.2, 0) is 9.53 Å². The third-order valence-corrected chi connectivity index (χ3v) is 4.60. The lowest BCUT2D eigenvalue weighted by atomic mass is 9.69. The first-order valence-electron chi connectivity index (χ1n) is 8.32. The first kappa shape index (κ1) is 17.5. The minimum Gasteiger partial charge on any atom is -0.458 e. The van der Waals surface area contributed by atoms with Crippen molar-refractivity contribution < 1.29 is 14.3 Å². The molecule has 0 aromatic heterocycles. The van der Waals surface area contributed by atoms with E-state index in [1.54, 1.807) is 18.2 Å². The van der Waals surface area contributed by atoms with Gasteiger partial charge in [0.25, 0.3) is 0 Å². The summed E-state index contributed by atoms with van der Waals surface area (Å²) in [6.45, 7) is 8.03. The molecule has 1 aromatic rings. The first-order valence-corrected chi connectivity index (χ1v) is 8.32. The predicted octanol–water partition coefficient (Wildman–Crippen LogP) is 4.57. The summed E-state index contributed by atoms with van der Waals surface area (Å²) >= 11 is 0. The molecule has 1 saturated carbocycles. The van der Waals surface area contributed by atoms with E-state index >= 15 is 0 Å². The van der Waals surface area contributed by atoms with Gasteiger partial charge in [-0.2, -0.15) is 0 Å². The SMILES string of the molecule is C=CCCC(=O)[C@H]1CC(C)(C)CC[C@H]1OC(=O)c1ccccc1. The van der Waals surface area contributed by atoms with Crippen molar-refractivity contribution in [3.05, 3.63) is 48.6 Å². The minimum atomic E-state index is -0.336. The van der Waals surface area contributed by atoms with Crippen LogP contribution in [0.2, 0.25) is 0 Å². The molecule has 0 aliphatic heterocycles. The highest BCUT2D eigenvalue weighted by atomic mass is 16.5. The molecule has 1 fully saturated rings. The highest BCUT2D eigenvalue weighted by Crippen LogP contribution is 2.41. The number of benzene rings is 1. The number of carbonyl (C=O) groups excluding carboxylic acids is 2. The lowest BCUT2D eigenvalue weighted by molar-refractivity contribution is -0.130. The van der Waals surface area contributed by atoms with E-state index in [0.717, 1.165) is 19.3 Å². The predicted molar refractivity (Wildman–Crippen MR) is 91.2 cm³/mol. The molecule has 0 amide bonds. The summed E-state index contributed by atoms with van der Waals surface area (Å²) in [4.78, 5) is 24.8. The molecule has 124 valence electrons. The van der Waals surface area contributed by atoms with Crippen LogP contribution in [0, 0.1) is 11.3 Å². The molecular weight excluding hydrogens is 288 g/mol. The van der Waals surface area contributed by atoms with Crippen molar-refractivity contribution in [1.82, 2.24) is 0 Å². The molecule has 0 bridgehead atoms.